The summed E-state index contributed by atoms with van der Waals surface area (Å²) in [5.41, 5.74) is 0. The van der Waals surface area contributed by atoms with Crippen molar-refractivity contribution in [3.05, 3.63) is 0 Å². The smallest absolute Gasteiger partial charge is 0.547 e. The zero-order valence-corrected chi connectivity index (χ0v) is 17.1. The van der Waals surface area contributed by atoms with Crippen LogP contribution >= 0.6 is 0 Å². The van der Waals surface area contributed by atoms with Crippen LogP contribution < -0.4 is 71.8 Å². The molecule has 22 heavy (non-hydrogen) atoms. The predicted molar refractivity (Wildman–Crippen MR) is 44.1 cm³/mol. The largest absolute Gasteiger partial charge is 3.00 e. The number of hydrogen-bond acceptors (Lipinski definition) is 12. The van der Waals surface area contributed by atoms with Crippen molar-refractivity contribution < 1.29 is 153 Å². The van der Waals surface area contributed by atoms with Gasteiger partial charge >= 0.3 is 93.1 Å². The molecule has 4 unspecified atom stereocenters. The summed E-state index contributed by atoms with van der Waals surface area (Å²) < 4.78 is 0. The van der Waals surface area contributed by atoms with Crippen molar-refractivity contribution in [2.45, 2.75) is 24.4 Å². The minimum Gasteiger partial charge on any atom is -0.547 e. The van der Waals surface area contributed by atoms with Crippen LogP contribution in [0.4, 0.5) is 0 Å². The van der Waals surface area contributed by atoms with Crippen molar-refractivity contribution in [3.63, 3.8) is 0 Å². The number of carbonyl (C=O) groups is 4. The molecule has 1 radical (unpaired) electrons. The van der Waals surface area contributed by atoms with Gasteiger partial charge in [0.05, 0.1) is 23.9 Å². The summed E-state index contributed by atoms with van der Waals surface area (Å²) >= 11 is 0. The standard InChI is InChI=1S/2C4H6O6.Ce.K/c2*5-1(3(7)8)2(6)4(9)10;;/h2*1-2,5-6H,(H,7,8)(H,9,10);;/q;;+3;+1/p-4. The van der Waals surface area contributed by atoms with Crippen LogP contribution in [0.15, 0.2) is 0 Å². The van der Waals surface area contributed by atoms with Gasteiger partial charge in [-0.25, -0.2) is 0 Å². The average Bonchev–Trinajstić information content (AvgIpc) is 2.35. The van der Waals surface area contributed by atoms with Gasteiger partial charge in [0.2, 0.25) is 0 Å². The van der Waals surface area contributed by atoms with E-state index in [0.717, 1.165) is 0 Å². The molecule has 117 valence electrons. The second-order valence-corrected chi connectivity index (χ2v) is 3.06. The van der Waals surface area contributed by atoms with Crippen molar-refractivity contribution >= 4 is 23.9 Å². The molecule has 0 aliphatic carbocycles. The maximum atomic E-state index is 9.63. The van der Waals surface area contributed by atoms with Crippen LogP contribution in [0.25, 0.3) is 0 Å². The summed E-state index contributed by atoms with van der Waals surface area (Å²) in [5, 5.41) is 71.5. The Morgan fingerprint density at radius 1 is 0.545 bits per heavy atom. The van der Waals surface area contributed by atoms with E-state index >= 15 is 0 Å². The van der Waals surface area contributed by atoms with Gasteiger partial charge < -0.3 is 60.0 Å². The Morgan fingerprint density at radius 2 is 0.636 bits per heavy atom. The summed E-state index contributed by atoms with van der Waals surface area (Å²) in [5.74, 6) is -8.23. The van der Waals surface area contributed by atoms with E-state index in [1.54, 1.807) is 0 Å². The van der Waals surface area contributed by atoms with E-state index < -0.39 is 48.3 Å². The van der Waals surface area contributed by atoms with Crippen LogP contribution in [0, 0.1) is 41.7 Å². The molecule has 0 bridgehead atoms. The van der Waals surface area contributed by atoms with Crippen LogP contribution in [0.2, 0.25) is 0 Å². The van der Waals surface area contributed by atoms with Crippen molar-refractivity contribution in [2.24, 2.45) is 0 Å². The SMILES string of the molecule is O=C([O-])C(O)C(O)C(=O)[O-].O=C([O-])C(O)C(O)C(=O)[O-].[Ce+3].[K+]. The van der Waals surface area contributed by atoms with Gasteiger partial charge in [0.15, 0.2) is 0 Å². The first kappa shape index (κ1) is 30.6. The van der Waals surface area contributed by atoms with E-state index in [0.29, 0.717) is 0 Å². The normalized spacial score (nSPS) is 14.4. The van der Waals surface area contributed by atoms with Gasteiger partial charge in [-0.1, -0.05) is 0 Å². The molecule has 0 saturated carbocycles. The number of aliphatic hydroxyl groups is 4. The first-order valence-electron chi connectivity index (χ1n) is 4.49. The molecular weight excluding hydrogens is 467 g/mol. The molecule has 0 aromatic carbocycles. The first-order chi connectivity index (χ1) is 8.93. The molecule has 0 rings (SSSR count). The Balaban J connectivity index is -0.000000135. The zero-order valence-electron chi connectivity index (χ0n) is 10.9. The summed E-state index contributed by atoms with van der Waals surface area (Å²) in [6.07, 6.45) is -9.76. The van der Waals surface area contributed by atoms with Crippen molar-refractivity contribution in [1.29, 1.82) is 0 Å². The molecule has 0 aliphatic heterocycles. The summed E-state index contributed by atoms with van der Waals surface area (Å²) in [4.78, 5) is 38.5. The van der Waals surface area contributed by atoms with E-state index in [-0.39, 0.29) is 93.1 Å². The molecule has 0 saturated heterocycles. The number of aliphatic hydroxyl groups excluding tert-OH is 4. The number of carboxylic acid groups (broad SMARTS) is 4. The molecule has 12 nitrogen and oxygen atoms in total. The Kier molecular flexibility index (Phi) is 21.2. The fourth-order valence-electron chi connectivity index (χ4n) is 0.516. The van der Waals surface area contributed by atoms with Gasteiger partial charge in [0.25, 0.3) is 0 Å². The molecule has 4 atom stereocenters. The average molecular weight is 475 g/mol. The van der Waals surface area contributed by atoms with E-state index in [2.05, 4.69) is 0 Å². The van der Waals surface area contributed by atoms with Gasteiger partial charge in [0, 0.05) is 0 Å². The van der Waals surface area contributed by atoms with Crippen LogP contribution in [0.1, 0.15) is 0 Å². The number of aliphatic carboxylic acids is 4. The van der Waals surface area contributed by atoms with E-state index in [1.165, 1.54) is 0 Å². The van der Waals surface area contributed by atoms with Crippen LogP contribution in [0.5, 0.6) is 0 Å². The second kappa shape index (κ2) is 15.3. The number of hydrogen-bond donors (Lipinski definition) is 4. The van der Waals surface area contributed by atoms with Gasteiger partial charge in [0.1, 0.15) is 24.4 Å². The van der Waals surface area contributed by atoms with Crippen LogP contribution in [0.3, 0.4) is 0 Å². The van der Waals surface area contributed by atoms with Crippen molar-refractivity contribution in [1.82, 2.24) is 0 Å². The number of carboxylic acids is 4. The maximum absolute atomic E-state index is 9.63. The maximum Gasteiger partial charge on any atom is 3.00 e. The molecule has 0 heterocycles. The Hall–Kier alpha value is 0.733. The Morgan fingerprint density at radius 3 is 0.682 bits per heavy atom. The molecule has 0 aromatic heterocycles. The fourth-order valence-corrected chi connectivity index (χ4v) is 0.516. The van der Waals surface area contributed by atoms with Gasteiger partial charge in [-0.2, -0.15) is 0 Å². The summed E-state index contributed by atoms with van der Waals surface area (Å²) in [6, 6.07) is 0. The van der Waals surface area contributed by atoms with Crippen molar-refractivity contribution in [3.8, 4) is 0 Å². The zero-order chi connectivity index (χ0) is 16.6. The third-order valence-corrected chi connectivity index (χ3v) is 1.56. The van der Waals surface area contributed by atoms with E-state index in [1.807, 2.05) is 0 Å². The third-order valence-electron chi connectivity index (χ3n) is 1.56. The predicted octanol–water partition coefficient (Wildman–Crippen LogP) is -12.6. The summed E-state index contributed by atoms with van der Waals surface area (Å²) in [6.45, 7) is 0. The minimum absolute atomic E-state index is 0. The molecule has 0 spiro atoms. The number of rotatable bonds is 6. The second-order valence-electron chi connectivity index (χ2n) is 3.06. The molecule has 4 N–H and O–H groups in total. The molecule has 0 aliphatic rings. The van der Waals surface area contributed by atoms with Gasteiger partial charge in [-0.3, -0.25) is 0 Å². The fraction of sp³-hybridized carbons (Fsp3) is 0.500. The molecule has 0 amide bonds. The first-order valence-corrected chi connectivity index (χ1v) is 4.49. The van der Waals surface area contributed by atoms with Gasteiger partial charge in [-0.15, -0.1) is 0 Å². The summed E-state index contributed by atoms with van der Waals surface area (Å²) in [7, 11) is 0. The van der Waals surface area contributed by atoms with Crippen LogP contribution in [-0.4, -0.2) is 68.7 Å². The quantitative estimate of drug-likeness (QED) is 0.262. The Labute approximate surface area is 198 Å². The van der Waals surface area contributed by atoms with Crippen LogP contribution in [-0.2, 0) is 19.2 Å². The monoisotopic (exact) mass is 475 g/mol. The number of carbonyl (C=O) groups excluding carboxylic acids is 4. The Bertz CT molecular complexity index is 315. The van der Waals surface area contributed by atoms with Gasteiger partial charge in [-0.05, 0) is 0 Å². The molecule has 0 aromatic rings. The van der Waals surface area contributed by atoms with E-state index in [4.69, 9.17) is 20.4 Å². The van der Waals surface area contributed by atoms with E-state index in [9.17, 15) is 39.6 Å². The molecular formula is C8H8CeKO12. The van der Waals surface area contributed by atoms with Crippen molar-refractivity contribution in [2.75, 3.05) is 0 Å². The topological polar surface area (TPSA) is 241 Å². The molecule has 0 fully saturated rings. The third kappa shape index (κ3) is 13.2. The molecule has 14 heteroatoms. The minimum atomic E-state index is -2.44.